The van der Waals surface area contributed by atoms with Crippen molar-refractivity contribution in [2.75, 3.05) is 17.1 Å². The highest BCUT2D eigenvalue weighted by Crippen LogP contribution is 2.26. The SMILES string of the molecule is Cc1ccc(Cl)cc1N(CCCC(=O)N[C@H](C)CCc1ccccc1)S(C)(=O)=O. The number of rotatable bonds is 10. The van der Waals surface area contributed by atoms with E-state index in [2.05, 4.69) is 17.4 Å². The Hall–Kier alpha value is -2.05. The Morgan fingerprint density at radius 2 is 1.86 bits per heavy atom. The molecule has 0 aliphatic heterocycles. The van der Waals surface area contributed by atoms with Gasteiger partial charge >= 0.3 is 0 Å². The van der Waals surface area contributed by atoms with E-state index in [1.165, 1.54) is 16.1 Å². The van der Waals surface area contributed by atoms with Crippen LogP contribution in [0.25, 0.3) is 0 Å². The van der Waals surface area contributed by atoms with Crippen LogP contribution in [0.1, 0.15) is 37.3 Å². The first-order valence-electron chi connectivity index (χ1n) is 9.74. The molecule has 0 saturated carbocycles. The first kappa shape index (κ1) is 23.2. The standard InChI is InChI=1S/C22H29ClN2O3S/c1-17-11-14-20(23)16-21(17)25(29(3,27)28)15-7-10-22(26)24-18(2)12-13-19-8-5-4-6-9-19/h4-6,8-9,11,14,16,18H,7,10,12-13,15H2,1-3H3,(H,24,26)/t18-/m1/s1. The molecule has 0 unspecified atom stereocenters. The van der Waals surface area contributed by atoms with Gasteiger partial charge < -0.3 is 5.32 Å². The molecule has 0 bridgehead atoms. The Morgan fingerprint density at radius 1 is 1.17 bits per heavy atom. The zero-order valence-corrected chi connectivity index (χ0v) is 18.8. The van der Waals surface area contributed by atoms with Gasteiger partial charge in [0.05, 0.1) is 11.9 Å². The lowest BCUT2D eigenvalue weighted by atomic mass is 10.1. The largest absolute Gasteiger partial charge is 0.354 e. The third-order valence-corrected chi connectivity index (χ3v) is 6.14. The molecule has 7 heteroatoms. The van der Waals surface area contributed by atoms with E-state index in [0.29, 0.717) is 17.1 Å². The molecule has 0 aliphatic carbocycles. The normalized spacial score (nSPS) is 12.4. The molecule has 0 spiro atoms. The van der Waals surface area contributed by atoms with Gasteiger partial charge in [-0.2, -0.15) is 0 Å². The molecule has 1 amide bonds. The number of anilines is 1. The number of benzene rings is 2. The van der Waals surface area contributed by atoms with Crippen molar-refractivity contribution < 1.29 is 13.2 Å². The van der Waals surface area contributed by atoms with Gasteiger partial charge in [0.25, 0.3) is 0 Å². The Bertz CT molecular complexity index is 917. The third-order valence-electron chi connectivity index (χ3n) is 4.72. The highest BCUT2D eigenvalue weighted by atomic mass is 35.5. The van der Waals surface area contributed by atoms with Gasteiger partial charge in [-0.1, -0.05) is 48.0 Å². The summed E-state index contributed by atoms with van der Waals surface area (Å²) in [7, 11) is -3.47. The Kier molecular flexibility index (Phi) is 8.53. The van der Waals surface area contributed by atoms with Crippen molar-refractivity contribution >= 4 is 33.2 Å². The van der Waals surface area contributed by atoms with E-state index >= 15 is 0 Å². The van der Waals surface area contributed by atoms with Crippen LogP contribution in [0.2, 0.25) is 5.02 Å². The second-order valence-corrected chi connectivity index (χ2v) is 9.71. The lowest BCUT2D eigenvalue weighted by molar-refractivity contribution is -0.121. The second-order valence-electron chi connectivity index (χ2n) is 7.36. The van der Waals surface area contributed by atoms with Crippen LogP contribution in [0.3, 0.4) is 0 Å². The molecule has 1 N–H and O–H groups in total. The number of carbonyl (C=O) groups is 1. The van der Waals surface area contributed by atoms with Crippen LogP contribution >= 0.6 is 11.6 Å². The van der Waals surface area contributed by atoms with E-state index in [9.17, 15) is 13.2 Å². The number of hydrogen-bond donors (Lipinski definition) is 1. The summed E-state index contributed by atoms with van der Waals surface area (Å²) >= 11 is 6.04. The lowest BCUT2D eigenvalue weighted by Gasteiger charge is -2.24. The van der Waals surface area contributed by atoms with E-state index in [0.717, 1.165) is 18.4 Å². The van der Waals surface area contributed by atoms with Gasteiger partial charge in [-0.05, 0) is 56.4 Å². The molecule has 2 rings (SSSR count). The molecule has 5 nitrogen and oxygen atoms in total. The highest BCUT2D eigenvalue weighted by molar-refractivity contribution is 7.92. The van der Waals surface area contributed by atoms with Gasteiger partial charge in [0.1, 0.15) is 0 Å². The summed E-state index contributed by atoms with van der Waals surface area (Å²) in [5.74, 6) is -0.0678. The molecule has 0 radical (unpaired) electrons. The van der Waals surface area contributed by atoms with E-state index in [4.69, 9.17) is 11.6 Å². The molecule has 29 heavy (non-hydrogen) atoms. The smallest absolute Gasteiger partial charge is 0.232 e. The number of halogens is 1. The van der Waals surface area contributed by atoms with Crippen LogP contribution in [0.4, 0.5) is 5.69 Å². The van der Waals surface area contributed by atoms with Gasteiger partial charge in [-0.3, -0.25) is 9.10 Å². The summed E-state index contributed by atoms with van der Waals surface area (Å²) in [6, 6.07) is 15.4. The summed E-state index contributed by atoms with van der Waals surface area (Å²) in [6.45, 7) is 4.05. The minimum atomic E-state index is -3.47. The number of hydrogen-bond acceptors (Lipinski definition) is 3. The van der Waals surface area contributed by atoms with Crippen molar-refractivity contribution in [3.05, 3.63) is 64.7 Å². The average Bonchev–Trinajstić information content (AvgIpc) is 2.65. The Morgan fingerprint density at radius 3 is 2.52 bits per heavy atom. The number of nitrogens with zero attached hydrogens (tertiary/aromatic N) is 1. The zero-order valence-electron chi connectivity index (χ0n) is 17.2. The number of nitrogens with one attached hydrogen (secondary N) is 1. The van der Waals surface area contributed by atoms with Crippen LogP contribution in [0.15, 0.2) is 48.5 Å². The molecule has 0 aromatic heterocycles. The number of carbonyl (C=O) groups excluding carboxylic acids is 1. The molecule has 0 heterocycles. The first-order valence-corrected chi connectivity index (χ1v) is 12.0. The van der Waals surface area contributed by atoms with Gasteiger partial charge in [-0.15, -0.1) is 0 Å². The minimum absolute atomic E-state index is 0.0592. The summed E-state index contributed by atoms with van der Waals surface area (Å²) in [4.78, 5) is 12.3. The number of sulfonamides is 1. The third kappa shape index (κ3) is 7.71. The van der Waals surface area contributed by atoms with Crippen LogP contribution in [-0.2, 0) is 21.2 Å². The van der Waals surface area contributed by atoms with E-state index in [-0.39, 0.29) is 24.9 Å². The molecule has 0 aliphatic rings. The van der Waals surface area contributed by atoms with E-state index in [1.807, 2.05) is 32.0 Å². The monoisotopic (exact) mass is 436 g/mol. The maximum Gasteiger partial charge on any atom is 0.232 e. The van der Waals surface area contributed by atoms with E-state index in [1.54, 1.807) is 18.2 Å². The molecule has 2 aromatic rings. The number of amides is 1. The van der Waals surface area contributed by atoms with Gasteiger partial charge in [0.15, 0.2) is 0 Å². The predicted molar refractivity (Wildman–Crippen MR) is 120 cm³/mol. The molecule has 2 aromatic carbocycles. The van der Waals surface area contributed by atoms with Gasteiger partial charge in [-0.25, -0.2) is 8.42 Å². The second kappa shape index (κ2) is 10.6. The van der Waals surface area contributed by atoms with Crippen molar-refractivity contribution in [1.82, 2.24) is 5.32 Å². The summed E-state index contributed by atoms with van der Waals surface area (Å²) in [5, 5.41) is 3.47. The van der Waals surface area contributed by atoms with Crippen molar-refractivity contribution in [2.45, 2.75) is 45.6 Å². The van der Waals surface area contributed by atoms with Crippen molar-refractivity contribution in [2.24, 2.45) is 0 Å². The first-order chi connectivity index (χ1) is 13.7. The molecule has 0 saturated heterocycles. The summed E-state index contributed by atoms with van der Waals surface area (Å²) < 4.78 is 25.8. The molecular formula is C22H29ClN2O3S. The fourth-order valence-corrected chi connectivity index (χ4v) is 4.33. The van der Waals surface area contributed by atoms with Gasteiger partial charge in [0.2, 0.25) is 15.9 Å². The van der Waals surface area contributed by atoms with Crippen molar-refractivity contribution in [3.8, 4) is 0 Å². The fraction of sp³-hybridized carbons (Fsp3) is 0.409. The summed E-state index contributed by atoms with van der Waals surface area (Å²) in [6.07, 6.45) is 3.61. The van der Waals surface area contributed by atoms with E-state index < -0.39 is 10.0 Å². The van der Waals surface area contributed by atoms with Crippen molar-refractivity contribution in [1.29, 1.82) is 0 Å². The molecular weight excluding hydrogens is 408 g/mol. The van der Waals surface area contributed by atoms with Crippen molar-refractivity contribution in [3.63, 3.8) is 0 Å². The minimum Gasteiger partial charge on any atom is -0.354 e. The molecule has 1 atom stereocenters. The maximum atomic E-state index is 12.3. The Balaban J connectivity index is 1.85. The number of aryl methyl sites for hydroxylation is 2. The van der Waals surface area contributed by atoms with Crippen LogP contribution in [-0.4, -0.2) is 33.2 Å². The molecule has 158 valence electrons. The Labute approximate surface area is 179 Å². The fourth-order valence-electron chi connectivity index (χ4n) is 3.15. The quantitative estimate of drug-likeness (QED) is 0.602. The molecule has 0 fully saturated rings. The summed E-state index contributed by atoms with van der Waals surface area (Å²) in [5.41, 5.74) is 2.62. The zero-order chi connectivity index (χ0) is 21.4. The van der Waals surface area contributed by atoms with Crippen LogP contribution in [0.5, 0.6) is 0 Å². The lowest BCUT2D eigenvalue weighted by Crippen LogP contribution is -2.35. The van der Waals surface area contributed by atoms with Crippen LogP contribution in [0, 0.1) is 6.92 Å². The topological polar surface area (TPSA) is 66.5 Å². The maximum absolute atomic E-state index is 12.3. The highest BCUT2D eigenvalue weighted by Gasteiger charge is 2.20. The van der Waals surface area contributed by atoms with Gasteiger partial charge in [0, 0.05) is 24.0 Å². The predicted octanol–water partition coefficient (Wildman–Crippen LogP) is 4.33. The average molecular weight is 437 g/mol. The van der Waals surface area contributed by atoms with Crippen LogP contribution < -0.4 is 9.62 Å².